The van der Waals surface area contributed by atoms with E-state index in [1.54, 1.807) is 14.2 Å². The first-order valence-electron chi connectivity index (χ1n) is 6.07. The molecular weight excluding hydrogens is 236 g/mol. The molecule has 1 aromatic rings. The topological polar surface area (TPSA) is 72.7 Å². The van der Waals surface area contributed by atoms with E-state index < -0.39 is 0 Å². The van der Waals surface area contributed by atoms with Crippen LogP contribution in [0.2, 0.25) is 0 Å². The van der Waals surface area contributed by atoms with Gasteiger partial charge >= 0.3 is 6.01 Å². The summed E-state index contributed by atoms with van der Waals surface area (Å²) >= 11 is 0. The van der Waals surface area contributed by atoms with Crippen molar-refractivity contribution < 1.29 is 13.9 Å². The summed E-state index contributed by atoms with van der Waals surface area (Å²) in [5, 5.41) is 11.2. The lowest BCUT2D eigenvalue weighted by molar-refractivity contribution is 0.188. The first-order valence-corrected chi connectivity index (χ1v) is 6.07. The van der Waals surface area contributed by atoms with Crippen LogP contribution in [0.1, 0.15) is 12.8 Å². The van der Waals surface area contributed by atoms with E-state index in [2.05, 4.69) is 15.5 Å². The molecule has 104 valence electrons. The minimum absolute atomic E-state index is 0.511. The molecule has 7 heteroatoms. The van der Waals surface area contributed by atoms with Gasteiger partial charge in [0.25, 0.3) is 0 Å². The second-order valence-electron chi connectivity index (χ2n) is 3.73. The second-order valence-corrected chi connectivity index (χ2v) is 3.73. The van der Waals surface area contributed by atoms with Gasteiger partial charge in [-0.2, -0.15) is 0 Å². The van der Waals surface area contributed by atoms with Gasteiger partial charge in [-0.25, -0.2) is 0 Å². The van der Waals surface area contributed by atoms with Gasteiger partial charge in [-0.1, -0.05) is 12.0 Å². The first-order chi connectivity index (χ1) is 8.81. The van der Waals surface area contributed by atoms with Crippen LogP contribution >= 0.6 is 0 Å². The van der Waals surface area contributed by atoms with Crippen molar-refractivity contribution in [2.45, 2.75) is 13.5 Å². The highest BCUT2D eigenvalue weighted by Crippen LogP contribution is 2.11. The van der Waals surface area contributed by atoms with E-state index in [9.17, 15) is 0 Å². The van der Waals surface area contributed by atoms with Gasteiger partial charge in [-0.05, 0) is 6.54 Å². The Morgan fingerprint density at radius 1 is 1.17 bits per heavy atom. The maximum Gasteiger partial charge on any atom is 0.318 e. The number of hydrogen-bond donors (Lipinski definition) is 1. The Bertz CT molecular complexity index is 311. The lowest BCUT2D eigenvalue weighted by Gasteiger charge is -2.18. The number of rotatable bonds is 10. The normalized spacial score (nSPS) is 10.8. The fourth-order valence-electron chi connectivity index (χ4n) is 1.38. The summed E-state index contributed by atoms with van der Waals surface area (Å²) in [5.74, 6) is 0.590. The number of methoxy groups -OCH3 is 2. The third-order valence-corrected chi connectivity index (χ3v) is 2.38. The van der Waals surface area contributed by atoms with Gasteiger partial charge in [0.15, 0.2) is 0 Å². The Balaban J connectivity index is 2.56. The summed E-state index contributed by atoms with van der Waals surface area (Å²) in [6.07, 6.45) is 0. The molecular formula is C11H22N4O3. The Labute approximate surface area is 107 Å². The molecule has 1 aromatic heterocycles. The molecule has 0 aliphatic heterocycles. The van der Waals surface area contributed by atoms with Crippen molar-refractivity contribution >= 4 is 6.01 Å². The predicted molar refractivity (Wildman–Crippen MR) is 67.6 cm³/mol. The van der Waals surface area contributed by atoms with E-state index in [1.807, 2.05) is 11.8 Å². The number of nitrogens with one attached hydrogen (secondary N) is 1. The fraction of sp³-hybridized carbons (Fsp3) is 0.818. The van der Waals surface area contributed by atoms with Crippen LogP contribution in [-0.2, 0) is 16.0 Å². The largest absolute Gasteiger partial charge is 0.407 e. The van der Waals surface area contributed by atoms with Crippen LogP contribution in [0.4, 0.5) is 6.01 Å². The van der Waals surface area contributed by atoms with Crippen LogP contribution in [0, 0.1) is 0 Å². The molecule has 1 heterocycles. The molecule has 1 rings (SSSR count). The lowest BCUT2D eigenvalue weighted by Crippen LogP contribution is -2.30. The average Bonchev–Trinajstić information content (AvgIpc) is 2.85. The van der Waals surface area contributed by atoms with Crippen LogP contribution in [0.15, 0.2) is 4.42 Å². The van der Waals surface area contributed by atoms with Crippen LogP contribution in [0.3, 0.4) is 0 Å². The van der Waals surface area contributed by atoms with Gasteiger partial charge in [0.05, 0.1) is 19.8 Å². The molecule has 0 spiro atoms. The highest BCUT2D eigenvalue weighted by Gasteiger charge is 2.13. The SMILES string of the molecule is CCNCc1nnc(N(CCOC)CCOC)o1. The monoisotopic (exact) mass is 258 g/mol. The predicted octanol–water partition coefficient (Wildman–Crippen LogP) is 0.278. The third-order valence-electron chi connectivity index (χ3n) is 2.38. The number of aromatic nitrogens is 2. The Hall–Kier alpha value is -1.18. The fourth-order valence-corrected chi connectivity index (χ4v) is 1.38. The standard InChI is InChI=1S/C11H22N4O3/c1-4-12-9-10-13-14-11(18-10)15(5-7-16-2)6-8-17-3/h12H,4-9H2,1-3H3. The van der Waals surface area contributed by atoms with Crippen molar-refractivity contribution in [1.82, 2.24) is 15.5 Å². The van der Waals surface area contributed by atoms with E-state index in [0.717, 1.165) is 6.54 Å². The molecule has 0 radical (unpaired) electrons. The Morgan fingerprint density at radius 2 is 1.83 bits per heavy atom. The van der Waals surface area contributed by atoms with E-state index in [-0.39, 0.29) is 0 Å². The molecule has 0 aliphatic carbocycles. The number of ether oxygens (including phenoxy) is 2. The Morgan fingerprint density at radius 3 is 2.39 bits per heavy atom. The van der Waals surface area contributed by atoms with Crippen LogP contribution in [-0.4, -0.2) is 57.3 Å². The van der Waals surface area contributed by atoms with Crippen molar-refractivity contribution in [2.24, 2.45) is 0 Å². The third kappa shape index (κ3) is 4.99. The van der Waals surface area contributed by atoms with Gasteiger partial charge in [-0.15, -0.1) is 5.10 Å². The molecule has 0 saturated heterocycles. The summed E-state index contributed by atoms with van der Waals surface area (Å²) in [7, 11) is 3.33. The highest BCUT2D eigenvalue weighted by atomic mass is 16.5. The summed E-state index contributed by atoms with van der Waals surface area (Å²) in [6, 6.07) is 0.511. The molecule has 0 aromatic carbocycles. The highest BCUT2D eigenvalue weighted by molar-refractivity contribution is 5.23. The minimum Gasteiger partial charge on any atom is -0.407 e. The van der Waals surface area contributed by atoms with Gasteiger partial charge in [0, 0.05) is 27.3 Å². The zero-order valence-electron chi connectivity index (χ0n) is 11.3. The number of nitrogens with zero attached hydrogens (tertiary/aromatic N) is 3. The van der Waals surface area contributed by atoms with Crippen LogP contribution in [0.25, 0.3) is 0 Å². The second kappa shape index (κ2) is 8.84. The smallest absolute Gasteiger partial charge is 0.318 e. The van der Waals surface area contributed by atoms with Crippen molar-refractivity contribution in [3.8, 4) is 0 Å². The molecule has 7 nitrogen and oxygen atoms in total. The number of anilines is 1. The van der Waals surface area contributed by atoms with Gasteiger partial charge < -0.3 is 24.1 Å². The molecule has 0 amide bonds. The average molecular weight is 258 g/mol. The molecule has 0 atom stereocenters. The van der Waals surface area contributed by atoms with Crippen LogP contribution < -0.4 is 10.2 Å². The Kier molecular flexibility index (Phi) is 7.31. The van der Waals surface area contributed by atoms with Crippen molar-refractivity contribution in [3.63, 3.8) is 0 Å². The minimum atomic E-state index is 0.511. The van der Waals surface area contributed by atoms with Crippen molar-refractivity contribution in [3.05, 3.63) is 5.89 Å². The van der Waals surface area contributed by atoms with Crippen LogP contribution in [0.5, 0.6) is 0 Å². The molecule has 0 saturated carbocycles. The molecule has 0 aliphatic rings. The van der Waals surface area contributed by atoms with Gasteiger partial charge in [0.1, 0.15) is 0 Å². The van der Waals surface area contributed by atoms with E-state index in [1.165, 1.54) is 0 Å². The number of hydrogen-bond acceptors (Lipinski definition) is 7. The lowest BCUT2D eigenvalue weighted by atomic mass is 10.5. The summed E-state index contributed by atoms with van der Waals surface area (Å²) < 4.78 is 15.7. The maximum atomic E-state index is 5.57. The van der Waals surface area contributed by atoms with Crippen molar-refractivity contribution in [2.75, 3.05) is 52.0 Å². The first kappa shape index (κ1) is 14.9. The van der Waals surface area contributed by atoms with Gasteiger partial charge in [-0.3, -0.25) is 0 Å². The quantitative estimate of drug-likeness (QED) is 0.646. The van der Waals surface area contributed by atoms with E-state index >= 15 is 0 Å². The van der Waals surface area contributed by atoms with Crippen molar-refractivity contribution in [1.29, 1.82) is 0 Å². The zero-order chi connectivity index (χ0) is 13.2. The van der Waals surface area contributed by atoms with Gasteiger partial charge in [0.2, 0.25) is 5.89 Å². The summed E-state index contributed by atoms with van der Waals surface area (Å²) in [6.45, 7) is 6.09. The van der Waals surface area contributed by atoms with E-state index in [4.69, 9.17) is 13.9 Å². The van der Waals surface area contributed by atoms with E-state index in [0.29, 0.717) is 44.8 Å². The maximum absolute atomic E-state index is 5.57. The summed E-state index contributed by atoms with van der Waals surface area (Å²) in [5.41, 5.74) is 0. The molecule has 0 bridgehead atoms. The molecule has 0 unspecified atom stereocenters. The zero-order valence-corrected chi connectivity index (χ0v) is 11.3. The molecule has 1 N–H and O–H groups in total. The molecule has 18 heavy (non-hydrogen) atoms. The molecule has 0 fully saturated rings. The summed E-state index contributed by atoms with van der Waals surface area (Å²) in [4.78, 5) is 1.95.